The molecule has 0 bridgehead atoms. The van der Waals surface area contributed by atoms with Gasteiger partial charge in [0.1, 0.15) is 0 Å². The van der Waals surface area contributed by atoms with Crippen LogP contribution in [0.2, 0.25) is 0 Å². The fourth-order valence-corrected chi connectivity index (χ4v) is 3.71. The molecule has 0 aliphatic heterocycles. The van der Waals surface area contributed by atoms with Crippen molar-refractivity contribution >= 4 is 22.6 Å². The molecule has 0 saturated carbocycles. The number of nitrogens with zero attached hydrogens (tertiary/aromatic N) is 2. The first-order valence-electron chi connectivity index (χ1n) is 11.2. The molecule has 3 aromatic rings. The number of unbranched alkanes of at least 4 members (excludes halogenated alkanes) is 1. The van der Waals surface area contributed by atoms with Gasteiger partial charge in [0, 0.05) is 25.2 Å². The van der Waals surface area contributed by atoms with E-state index in [1.807, 2.05) is 41.3 Å². The largest absolute Gasteiger partial charge is 0.370 e. The number of carbonyl (C=O) groups excluding carboxylic acids is 1. The van der Waals surface area contributed by atoms with Crippen molar-refractivity contribution in [3.05, 3.63) is 83.4 Å². The standard InChI is InChI=1S/C27H34N4O/c1-27(2,3)24-14-10-20(11-15-24)19-31(17-7-6-16-30-26(28)29)25(32)23-13-12-21-8-4-5-9-22(21)18-23/h4-5,8-15,18H,6-7,16-17,19H2,1-3H3,(H4,28,29,30). The molecular formula is C27H34N4O. The van der Waals surface area contributed by atoms with Gasteiger partial charge in [0.25, 0.3) is 5.91 Å². The van der Waals surface area contributed by atoms with Crippen LogP contribution in [0.4, 0.5) is 0 Å². The van der Waals surface area contributed by atoms with E-state index in [-0.39, 0.29) is 17.3 Å². The van der Waals surface area contributed by atoms with Crippen LogP contribution in [0.5, 0.6) is 0 Å². The van der Waals surface area contributed by atoms with E-state index >= 15 is 0 Å². The molecule has 0 heterocycles. The first-order valence-corrected chi connectivity index (χ1v) is 11.2. The van der Waals surface area contributed by atoms with E-state index in [4.69, 9.17) is 11.5 Å². The zero-order valence-corrected chi connectivity index (χ0v) is 19.3. The Morgan fingerprint density at radius 1 is 0.906 bits per heavy atom. The van der Waals surface area contributed by atoms with Crippen LogP contribution in [-0.2, 0) is 12.0 Å². The van der Waals surface area contributed by atoms with Gasteiger partial charge >= 0.3 is 0 Å². The van der Waals surface area contributed by atoms with Crippen molar-refractivity contribution in [1.82, 2.24) is 4.90 Å². The van der Waals surface area contributed by atoms with Crippen molar-refractivity contribution < 1.29 is 4.79 Å². The molecule has 3 rings (SSSR count). The average molecular weight is 431 g/mol. The fourth-order valence-electron chi connectivity index (χ4n) is 3.71. The third-order valence-electron chi connectivity index (χ3n) is 5.61. The Bertz CT molecular complexity index is 1080. The molecule has 0 radical (unpaired) electrons. The second-order valence-electron chi connectivity index (χ2n) is 9.25. The highest BCUT2D eigenvalue weighted by atomic mass is 16.2. The Kier molecular flexibility index (Phi) is 7.52. The Balaban J connectivity index is 1.78. The molecule has 0 saturated heterocycles. The van der Waals surface area contributed by atoms with Gasteiger partial charge in [0.15, 0.2) is 5.96 Å². The molecule has 0 spiro atoms. The lowest BCUT2D eigenvalue weighted by Gasteiger charge is -2.24. The van der Waals surface area contributed by atoms with E-state index in [0.29, 0.717) is 25.2 Å². The van der Waals surface area contributed by atoms with Crippen LogP contribution in [0, 0.1) is 0 Å². The van der Waals surface area contributed by atoms with Crippen molar-refractivity contribution in [3.63, 3.8) is 0 Å². The maximum atomic E-state index is 13.4. The van der Waals surface area contributed by atoms with Crippen LogP contribution in [0.3, 0.4) is 0 Å². The Morgan fingerprint density at radius 3 is 2.25 bits per heavy atom. The Labute approximate surface area is 191 Å². The smallest absolute Gasteiger partial charge is 0.254 e. The molecule has 1 amide bonds. The number of benzene rings is 3. The van der Waals surface area contributed by atoms with Crippen molar-refractivity contribution in [3.8, 4) is 0 Å². The highest BCUT2D eigenvalue weighted by Crippen LogP contribution is 2.23. The van der Waals surface area contributed by atoms with E-state index in [1.165, 1.54) is 5.56 Å². The number of amides is 1. The molecule has 0 unspecified atom stereocenters. The van der Waals surface area contributed by atoms with Crippen LogP contribution < -0.4 is 11.5 Å². The van der Waals surface area contributed by atoms with Crippen LogP contribution in [-0.4, -0.2) is 29.9 Å². The third-order valence-corrected chi connectivity index (χ3v) is 5.61. The molecule has 4 N–H and O–H groups in total. The number of guanidine groups is 1. The second kappa shape index (κ2) is 10.3. The van der Waals surface area contributed by atoms with Gasteiger partial charge in [-0.2, -0.15) is 0 Å². The minimum Gasteiger partial charge on any atom is -0.370 e. The fraction of sp³-hybridized carbons (Fsp3) is 0.333. The Hall–Kier alpha value is -3.34. The van der Waals surface area contributed by atoms with E-state index in [0.717, 1.165) is 29.2 Å². The molecule has 0 aromatic heterocycles. The van der Waals surface area contributed by atoms with Gasteiger partial charge in [-0.15, -0.1) is 0 Å². The van der Waals surface area contributed by atoms with Gasteiger partial charge in [0.2, 0.25) is 0 Å². The molecular weight excluding hydrogens is 396 g/mol. The minimum atomic E-state index is 0.0393. The number of hydrogen-bond acceptors (Lipinski definition) is 2. The van der Waals surface area contributed by atoms with Crippen molar-refractivity contribution in [2.24, 2.45) is 16.5 Å². The lowest BCUT2D eigenvalue weighted by molar-refractivity contribution is 0.0740. The van der Waals surface area contributed by atoms with Crippen molar-refractivity contribution in [1.29, 1.82) is 0 Å². The van der Waals surface area contributed by atoms with Crippen LogP contribution in [0.15, 0.2) is 71.7 Å². The summed E-state index contributed by atoms with van der Waals surface area (Å²) in [5.41, 5.74) is 14.0. The van der Waals surface area contributed by atoms with Gasteiger partial charge in [-0.25, -0.2) is 0 Å². The average Bonchev–Trinajstić information content (AvgIpc) is 2.76. The highest BCUT2D eigenvalue weighted by Gasteiger charge is 2.18. The summed E-state index contributed by atoms with van der Waals surface area (Å²) in [6.45, 7) is 8.39. The third kappa shape index (κ3) is 6.33. The van der Waals surface area contributed by atoms with Gasteiger partial charge in [-0.05, 0) is 52.3 Å². The van der Waals surface area contributed by atoms with Gasteiger partial charge in [-0.3, -0.25) is 9.79 Å². The van der Waals surface area contributed by atoms with E-state index in [2.05, 4.69) is 56.1 Å². The first-order chi connectivity index (χ1) is 15.2. The van der Waals surface area contributed by atoms with Crippen molar-refractivity contribution in [2.45, 2.75) is 45.6 Å². The van der Waals surface area contributed by atoms with Crippen LogP contribution >= 0.6 is 0 Å². The molecule has 0 aliphatic carbocycles. The zero-order chi connectivity index (χ0) is 23.1. The summed E-state index contributed by atoms with van der Waals surface area (Å²) in [5.74, 6) is 0.144. The van der Waals surface area contributed by atoms with E-state index in [9.17, 15) is 4.79 Å². The number of fused-ring (bicyclic) bond motifs is 1. The summed E-state index contributed by atoms with van der Waals surface area (Å²) in [5, 5.41) is 2.20. The summed E-state index contributed by atoms with van der Waals surface area (Å²) >= 11 is 0. The monoisotopic (exact) mass is 430 g/mol. The molecule has 0 aliphatic rings. The summed E-state index contributed by atoms with van der Waals surface area (Å²) in [6, 6.07) is 22.6. The summed E-state index contributed by atoms with van der Waals surface area (Å²) < 4.78 is 0. The predicted octanol–water partition coefficient (Wildman–Crippen LogP) is 4.83. The second-order valence-corrected chi connectivity index (χ2v) is 9.25. The number of carbonyl (C=O) groups is 1. The molecule has 3 aromatic carbocycles. The first kappa shape index (κ1) is 23.3. The van der Waals surface area contributed by atoms with Crippen LogP contribution in [0.25, 0.3) is 10.8 Å². The maximum Gasteiger partial charge on any atom is 0.254 e. The van der Waals surface area contributed by atoms with Crippen molar-refractivity contribution in [2.75, 3.05) is 13.1 Å². The quantitative estimate of drug-likeness (QED) is 0.305. The summed E-state index contributed by atoms with van der Waals surface area (Å²) in [6.07, 6.45) is 1.65. The zero-order valence-electron chi connectivity index (χ0n) is 19.3. The summed E-state index contributed by atoms with van der Waals surface area (Å²) in [4.78, 5) is 19.4. The number of rotatable bonds is 8. The van der Waals surface area contributed by atoms with E-state index < -0.39 is 0 Å². The Morgan fingerprint density at radius 2 is 1.59 bits per heavy atom. The lowest BCUT2D eigenvalue weighted by Crippen LogP contribution is -2.31. The summed E-state index contributed by atoms with van der Waals surface area (Å²) in [7, 11) is 0. The molecule has 5 nitrogen and oxygen atoms in total. The minimum absolute atomic E-state index is 0.0393. The SMILES string of the molecule is CC(C)(C)c1ccc(CN(CCCCN=C(N)N)C(=O)c2ccc3ccccc3c2)cc1. The predicted molar refractivity (Wildman–Crippen MR) is 134 cm³/mol. The maximum absolute atomic E-state index is 13.4. The van der Waals surface area contributed by atoms with Gasteiger partial charge in [0.05, 0.1) is 0 Å². The van der Waals surface area contributed by atoms with Gasteiger partial charge < -0.3 is 16.4 Å². The molecule has 5 heteroatoms. The topological polar surface area (TPSA) is 84.7 Å². The number of hydrogen-bond donors (Lipinski definition) is 2. The highest BCUT2D eigenvalue weighted by molar-refractivity contribution is 5.98. The van der Waals surface area contributed by atoms with Gasteiger partial charge in [-0.1, -0.05) is 75.4 Å². The molecule has 0 fully saturated rings. The van der Waals surface area contributed by atoms with E-state index in [1.54, 1.807) is 0 Å². The molecule has 0 atom stereocenters. The normalized spacial score (nSPS) is 11.3. The molecule has 168 valence electrons. The number of nitrogens with two attached hydrogens (primary N) is 2. The molecule has 32 heavy (non-hydrogen) atoms. The lowest BCUT2D eigenvalue weighted by atomic mass is 9.87. The van der Waals surface area contributed by atoms with Crippen LogP contribution in [0.1, 0.15) is 55.1 Å². The number of aliphatic imine (C=N–C) groups is 1.